The molecule has 72 valence electrons. The number of hydrazine groups is 1. The summed E-state index contributed by atoms with van der Waals surface area (Å²) >= 11 is 0. The summed E-state index contributed by atoms with van der Waals surface area (Å²) in [6, 6.07) is 11.0. The number of hydrogen-bond donors (Lipinski definition) is 2. The van der Waals surface area contributed by atoms with Crippen molar-refractivity contribution in [3.63, 3.8) is 0 Å². The van der Waals surface area contributed by atoms with E-state index in [-0.39, 0.29) is 0 Å². The van der Waals surface area contributed by atoms with Crippen molar-refractivity contribution < 1.29 is 0 Å². The number of hydrogen-bond acceptors (Lipinski definition) is 2. The van der Waals surface area contributed by atoms with Crippen LogP contribution in [0.4, 0.5) is 0 Å². The maximum Gasteiger partial charge on any atom is 0.0211 e. The molecule has 3 N–H and O–H groups in total. The van der Waals surface area contributed by atoms with Gasteiger partial charge in [-0.05, 0) is 24.8 Å². The Balaban J connectivity index is 2.34. The van der Waals surface area contributed by atoms with Crippen molar-refractivity contribution in [3.8, 4) is 0 Å². The largest absolute Gasteiger partial charge is 0.271 e. The highest BCUT2D eigenvalue weighted by Gasteiger charge is 2.02. The second-order valence-electron chi connectivity index (χ2n) is 3.30. The summed E-state index contributed by atoms with van der Waals surface area (Å²) in [4.78, 5) is 0. The Morgan fingerprint density at radius 2 is 2.00 bits per heavy atom. The van der Waals surface area contributed by atoms with Crippen LogP contribution in [0.3, 0.4) is 0 Å². The average molecular weight is 178 g/mol. The van der Waals surface area contributed by atoms with Crippen molar-refractivity contribution in [2.24, 2.45) is 5.84 Å². The van der Waals surface area contributed by atoms with Gasteiger partial charge in [-0.3, -0.25) is 11.3 Å². The molecule has 1 atom stereocenters. The van der Waals surface area contributed by atoms with E-state index in [1.807, 2.05) is 6.07 Å². The number of nitrogens with two attached hydrogens (primary N) is 1. The van der Waals surface area contributed by atoms with Crippen molar-refractivity contribution in [2.45, 2.75) is 32.2 Å². The maximum atomic E-state index is 5.40. The van der Waals surface area contributed by atoms with Gasteiger partial charge in [-0.25, -0.2) is 0 Å². The van der Waals surface area contributed by atoms with Crippen molar-refractivity contribution in [3.05, 3.63) is 35.9 Å². The molecule has 0 heterocycles. The molecule has 1 aromatic carbocycles. The monoisotopic (exact) mass is 178 g/mol. The predicted octanol–water partition coefficient (Wildman–Crippen LogP) is 1.86. The lowest BCUT2D eigenvalue weighted by molar-refractivity contribution is 0.481. The fourth-order valence-electron chi connectivity index (χ4n) is 1.39. The third-order valence-corrected chi connectivity index (χ3v) is 2.35. The number of benzene rings is 1. The Kier molecular flexibility index (Phi) is 4.50. The standard InChI is InChI=1S/C11H18N2/c1-2-11(13-12)9-8-10-6-4-3-5-7-10/h3-7,11,13H,2,8-9,12H2,1H3. The first kappa shape index (κ1) is 10.2. The molecule has 0 radical (unpaired) electrons. The van der Waals surface area contributed by atoms with Crippen LogP contribution in [0.5, 0.6) is 0 Å². The zero-order valence-corrected chi connectivity index (χ0v) is 8.16. The van der Waals surface area contributed by atoms with Gasteiger partial charge < -0.3 is 0 Å². The predicted molar refractivity (Wildman–Crippen MR) is 56.2 cm³/mol. The van der Waals surface area contributed by atoms with Gasteiger partial charge in [0.2, 0.25) is 0 Å². The lowest BCUT2D eigenvalue weighted by atomic mass is 10.0. The molecule has 0 bridgehead atoms. The molecule has 0 spiro atoms. The van der Waals surface area contributed by atoms with E-state index in [9.17, 15) is 0 Å². The fourth-order valence-corrected chi connectivity index (χ4v) is 1.39. The van der Waals surface area contributed by atoms with E-state index < -0.39 is 0 Å². The van der Waals surface area contributed by atoms with Gasteiger partial charge in [0.1, 0.15) is 0 Å². The minimum atomic E-state index is 0.445. The molecule has 1 rings (SSSR count). The van der Waals surface area contributed by atoms with E-state index in [1.54, 1.807) is 0 Å². The quantitative estimate of drug-likeness (QED) is 0.533. The highest BCUT2D eigenvalue weighted by Crippen LogP contribution is 2.05. The molecule has 1 aromatic rings. The van der Waals surface area contributed by atoms with E-state index in [1.165, 1.54) is 5.56 Å². The van der Waals surface area contributed by atoms with Gasteiger partial charge in [-0.1, -0.05) is 37.3 Å². The summed E-state index contributed by atoms with van der Waals surface area (Å²) in [7, 11) is 0. The molecule has 0 aliphatic carbocycles. The Morgan fingerprint density at radius 1 is 1.31 bits per heavy atom. The van der Waals surface area contributed by atoms with Crippen LogP contribution >= 0.6 is 0 Å². The van der Waals surface area contributed by atoms with Crippen LogP contribution in [0.15, 0.2) is 30.3 Å². The summed E-state index contributed by atoms with van der Waals surface area (Å²) in [5.41, 5.74) is 4.21. The van der Waals surface area contributed by atoms with Crippen molar-refractivity contribution >= 4 is 0 Å². The minimum Gasteiger partial charge on any atom is -0.271 e. The zero-order valence-electron chi connectivity index (χ0n) is 8.16. The van der Waals surface area contributed by atoms with Gasteiger partial charge in [0.15, 0.2) is 0 Å². The van der Waals surface area contributed by atoms with Gasteiger partial charge in [0, 0.05) is 6.04 Å². The fraction of sp³-hybridized carbons (Fsp3) is 0.455. The molecule has 0 aliphatic heterocycles. The number of nitrogens with one attached hydrogen (secondary N) is 1. The Morgan fingerprint density at radius 3 is 2.54 bits per heavy atom. The molecular weight excluding hydrogens is 160 g/mol. The SMILES string of the molecule is CCC(CCc1ccccc1)NN. The average Bonchev–Trinajstić information content (AvgIpc) is 2.21. The molecule has 0 saturated heterocycles. The Bertz CT molecular complexity index is 217. The van der Waals surface area contributed by atoms with Crippen LogP contribution in [-0.2, 0) is 6.42 Å². The molecule has 0 aliphatic rings. The van der Waals surface area contributed by atoms with E-state index in [4.69, 9.17) is 5.84 Å². The molecule has 13 heavy (non-hydrogen) atoms. The van der Waals surface area contributed by atoms with Crippen molar-refractivity contribution in [2.75, 3.05) is 0 Å². The number of aryl methyl sites for hydroxylation is 1. The van der Waals surface area contributed by atoms with Crippen molar-refractivity contribution in [1.29, 1.82) is 0 Å². The Hall–Kier alpha value is -0.860. The minimum absolute atomic E-state index is 0.445. The highest BCUT2D eigenvalue weighted by molar-refractivity contribution is 5.14. The van der Waals surface area contributed by atoms with Crippen LogP contribution in [0.1, 0.15) is 25.3 Å². The van der Waals surface area contributed by atoms with Crippen LogP contribution in [0.2, 0.25) is 0 Å². The topological polar surface area (TPSA) is 38.0 Å². The van der Waals surface area contributed by atoms with Gasteiger partial charge in [-0.15, -0.1) is 0 Å². The second kappa shape index (κ2) is 5.73. The smallest absolute Gasteiger partial charge is 0.0211 e. The highest BCUT2D eigenvalue weighted by atomic mass is 15.2. The van der Waals surface area contributed by atoms with E-state index >= 15 is 0 Å². The lowest BCUT2D eigenvalue weighted by Gasteiger charge is -2.12. The normalized spacial score (nSPS) is 12.8. The molecule has 0 fully saturated rings. The molecular formula is C11H18N2. The molecule has 1 unspecified atom stereocenters. The molecule has 2 heteroatoms. The third-order valence-electron chi connectivity index (χ3n) is 2.35. The van der Waals surface area contributed by atoms with Gasteiger partial charge >= 0.3 is 0 Å². The van der Waals surface area contributed by atoms with Crippen LogP contribution in [-0.4, -0.2) is 6.04 Å². The molecule has 0 aromatic heterocycles. The van der Waals surface area contributed by atoms with Gasteiger partial charge in [0.05, 0.1) is 0 Å². The summed E-state index contributed by atoms with van der Waals surface area (Å²) < 4.78 is 0. The summed E-state index contributed by atoms with van der Waals surface area (Å²) in [6.45, 7) is 2.15. The Labute approximate surface area is 80.1 Å². The molecule has 2 nitrogen and oxygen atoms in total. The summed E-state index contributed by atoms with van der Waals surface area (Å²) in [5, 5.41) is 0. The van der Waals surface area contributed by atoms with Gasteiger partial charge in [-0.2, -0.15) is 0 Å². The zero-order chi connectivity index (χ0) is 9.52. The van der Waals surface area contributed by atoms with Crippen molar-refractivity contribution in [1.82, 2.24) is 5.43 Å². The lowest BCUT2D eigenvalue weighted by Crippen LogP contribution is -2.34. The van der Waals surface area contributed by atoms with Crippen LogP contribution in [0, 0.1) is 0 Å². The van der Waals surface area contributed by atoms with E-state index in [0.717, 1.165) is 19.3 Å². The maximum absolute atomic E-state index is 5.40. The summed E-state index contributed by atoms with van der Waals surface area (Å²) in [5.74, 6) is 5.40. The van der Waals surface area contributed by atoms with Gasteiger partial charge in [0.25, 0.3) is 0 Å². The first-order valence-corrected chi connectivity index (χ1v) is 4.87. The van der Waals surface area contributed by atoms with Crippen LogP contribution in [0.25, 0.3) is 0 Å². The molecule has 0 amide bonds. The first-order valence-electron chi connectivity index (χ1n) is 4.87. The third kappa shape index (κ3) is 3.57. The second-order valence-corrected chi connectivity index (χ2v) is 3.30. The molecule has 0 saturated carbocycles. The van der Waals surface area contributed by atoms with E-state index in [0.29, 0.717) is 6.04 Å². The van der Waals surface area contributed by atoms with E-state index in [2.05, 4.69) is 36.6 Å². The first-order chi connectivity index (χ1) is 6.36. The summed E-state index contributed by atoms with van der Waals surface area (Å²) in [6.07, 6.45) is 3.30. The number of rotatable bonds is 5. The van der Waals surface area contributed by atoms with Crippen LogP contribution < -0.4 is 11.3 Å².